The second-order valence-electron chi connectivity index (χ2n) is 4.45. The van der Waals surface area contributed by atoms with Crippen LogP contribution in [0.5, 0.6) is 11.5 Å². The van der Waals surface area contributed by atoms with E-state index in [0.717, 1.165) is 39.1 Å². The van der Waals surface area contributed by atoms with E-state index in [9.17, 15) is 0 Å². The van der Waals surface area contributed by atoms with Crippen molar-refractivity contribution in [2.45, 2.75) is 26.8 Å². The molecule has 0 saturated carbocycles. The maximum atomic E-state index is 5.73. The maximum Gasteiger partial charge on any atom is 0.161 e. The summed E-state index contributed by atoms with van der Waals surface area (Å²) in [6, 6.07) is 5.89. The van der Waals surface area contributed by atoms with Gasteiger partial charge < -0.3 is 15.2 Å². The predicted molar refractivity (Wildman–Crippen MR) is 82.5 cm³/mol. The Morgan fingerprint density at radius 2 is 2.10 bits per heavy atom. The number of ether oxygens (including phenoxy) is 2. The molecule has 5 heteroatoms. The van der Waals surface area contributed by atoms with Crippen LogP contribution in [0.2, 0.25) is 0 Å². The van der Waals surface area contributed by atoms with E-state index in [2.05, 4.69) is 11.9 Å². The van der Waals surface area contributed by atoms with Crippen molar-refractivity contribution in [2.24, 2.45) is 5.73 Å². The Hall–Kier alpha value is -1.59. The topological polar surface area (TPSA) is 57.4 Å². The van der Waals surface area contributed by atoms with Crippen molar-refractivity contribution in [3.05, 3.63) is 28.8 Å². The first-order valence-electron chi connectivity index (χ1n) is 6.67. The van der Waals surface area contributed by atoms with Crippen LogP contribution in [-0.2, 0) is 6.54 Å². The molecule has 2 aromatic rings. The van der Waals surface area contributed by atoms with Gasteiger partial charge in [0.15, 0.2) is 11.5 Å². The van der Waals surface area contributed by atoms with Gasteiger partial charge in [-0.05, 0) is 31.5 Å². The van der Waals surface area contributed by atoms with Gasteiger partial charge in [-0.2, -0.15) is 0 Å². The largest absolute Gasteiger partial charge is 0.493 e. The lowest BCUT2D eigenvalue weighted by molar-refractivity contribution is 0.294. The predicted octanol–water partition coefficient (Wildman–Crippen LogP) is 3.37. The molecule has 0 aliphatic rings. The minimum absolute atomic E-state index is 0.527. The summed E-state index contributed by atoms with van der Waals surface area (Å²) in [5.41, 5.74) is 7.74. The standard InChI is InChI=1S/C15H20N2O2S/c1-4-7-19-13-8-11(5-6-12(13)18-3)15-17-10(2)14(9-16)20-15/h5-6,8H,4,7,9,16H2,1-3H3. The quantitative estimate of drug-likeness (QED) is 0.887. The van der Waals surface area contributed by atoms with Crippen LogP contribution in [0.3, 0.4) is 0 Å². The summed E-state index contributed by atoms with van der Waals surface area (Å²) in [6.07, 6.45) is 0.959. The molecule has 0 bridgehead atoms. The number of methoxy groups -OCH3 is 1. The zero-order chi connectivity index (χ0) is 14.5. The van der Waals surface area contributed by atoms with E-state index in [1.54, 1.807) is 18.4 Å². The summed E-state index contributed by atoms with van der Waals surface area (Å²) >= 11 is 1.63. The lowest BCUT2D eigenvalue weighted by atomic mass is 10.2. The van der Waals surface area contributed by atoms with Gasteiger partial charge in [0.05, 0.1) is 19.4 Å². The Morgan fingerprint density at radius 1 is 1.30 bits per heavy atom. The van der Waals surface area contributed by atoms with Crippen LogP contribution >= 0.6 is 11.3 Å². The highest BCUT2D eigenvalue weighted by Crippen LogP contribution is 2.35. The number of aromatic nitrogens is 1. The minimum Gasteiger partial charge on any atom is -0.493 e. The Kier molecular flexibility index (Phi) is 4.98. The highest BCUT2D eigenvalue weighted by atomic mass is 32.1. The molecule has 1 heterocycles. The number of aryl methyl sites for hydroxylation is 1. The number of nitrogens with zero attached hydrogens (tertiary/aromatic N) is 1. The molecule has 0 unspecified atom stereocenters. The van der Waals surface area contributed by atoms with E-state index in [1.807, 2.05) is 25.1 Å². The third kappa shape index (κ3) is 3.11. The average molecular weight is 292 g/mol. The van der Waals surface area contributed by atoms with Gasteiger partial charge in [-0.15, -0.1) is 11.3 Å². The van der Waals surface area contributed by atoms with Gasteiger partial charge in [-0.25, -0.2) is 4.98 Å². The van der Waals surface area contributed by atoms with E-state index in [1.165, 1.54) is 0 Å². The molecule has 0 aliphatic carbocycles. The zero-order valence-electron chi connectivity index (χ0n) is 12.1. The van der Waals surface area contributed by atoms with Gasteiger partial charge in [-0.3, -0.25) is 0 Å². The molecule has 0 saturated heterocycles. The van der Waals surface area contributed by atoms with Crippen molar-refractivity contribution in [1.82, 2.24) is 4.98 Å². The maximum absolute atomic E-state index is 5.73. The molecule has 0 aliphatic heterocycles. The smallest absolute Gasteiger partial charge is 0.161 e. The zero-order valence-corrected chi connectivity index (χ0v) is 12.9. The second kappa shape index (κ2) is 6.72. The summed E-state index contributed by atoms with van der Waals surface area (Å²) in [7, 11) is 1.65. The summed E-state index contributed by atoms with van der Waals surface area (Å²) in [5.74, 6) is 1.50. The molecule has 4 nitrogen and oxygen atoms in total. The molecular formula is C15H20N2O2S. The molecule has 108 valence electrons. The second-order valence-corrected chi connectivity index (χ2v) is 5.53. The third-order valence-corrected chi connectivity index (χ3v) is 4.18. The van der Waals surface area contributed by atoms with Crippen LogP contribution in [0.15, 0.2) is 18.2 Å². The van der Waals surface area contributed by atoms with Crippen molar-refractivity contribution in [2.75, 3.05) is 13.7 Å². The molecule has 0 spiro atoms. The first kappa shape index (κ1) is 14.8. The minimum atomic E-state index is 0.527. The molecule has 1 aromatic carbocycles. The summed E-state index contributed by atoms with van der Waals surface area (Å²) in [4.78, 5) is 5.69. The van der Waals surface area contributed by atoms with Gasteiger partial charge in [0, 0.05) is 17.0 Å². The Labute approximate surface area is 123 Å². The van der Waals surface area contributed by atoms with Gasteiger partial charge in [0.2, 0.25) is 0 Å². The number of hydrogen-bond acceptors (Lipinski definition) is 5. The first-order valence-corrected chi connectivity index (χ1v) is 7.48. The molecule has 0 atom stereocenters. The van der Waals surface area contributed by atoms with Crippen LogP contribution in [0.1, 0.15) is 23.9 Å². The normalized spacial score (nSPS) is 10.6. The Morgan fingerprint density at radius 3 is 2.70 bits per heavy atom. The van der Waals surface area contributed by atoms with E-state index < -0.39 is 0 Å². The van der Waals surface area contributed by atoms with Crippen molar-refractivity contribution in [1.29, 1.82) is 0 Å². The molecule has 2 N–H and O–H groups in total. The monoisotopic (exact) mass is 292 g/mol. The molecule has 20 heavy (non-hydrogen) atoms. The number of benzene rings is 1. The van der Waals surface area contributed by atoms with E-state index >= 15 is 0 Å². The highest BCUT2D eigenvalue weighted by molar-refractivity contribution is 7.15. The van der Waals surface area contributed by atoms with Crippen LogP contribution < -0.4 is 15.2 Å². The van der Waals surface area contributed by atoms with Crippen LogP contribution in [-0.4, -0.2) is 18.7 Å². The Bertz CT molecular complexity index is 581. The van der Waals surface area contributed by atoms with E-state index in [4.69, 9.17) is 15.2 Å². The molecular weight excluding hydrogens is 272 g/mol. The molecule has 0 amide bonds. The molecule has 0 radical (unpaired) electrons. The number of rotatable bonds is 6. The SMILES string of the molecule is CCCOc1cc(-c2nc(C)c(CN)s2)ccc1OC. The van der Waals surface area contributed by atoms with Gasteiger partial charge >= 0.3 is 0 Å². The highest BCUT2D eigenvalue weighted by Gasteiger charge is 2.12. The fourth-order valence-corrected chi connectivity index (χ4v) is 2.81. The third-order valence-electron chi connectivity index (χ3n) is 2.95. The van der Waals surface area contributed by atoms with Crippen molar-refractivity contribution in [3.8, 4) is 22.1 Å². The fraction of sp³-hybridized carbons (Fsp3) is 0.400. The van der Waals surface area contributed by atoms with Crippen molar-refractivity contribution in [3.63, 3.8) is 0 Å². The lowest BCUT2D eigenvalue weighted by Crippen LogP contribution is -1.98. The molecule has 1 aromatic heterocycles. The van der Waals surface area contributed by atoms with E-state index in [-0.39, 0.29) is 0 Å². The van der Waals surface area contributed by atoms with Crippen LogP contribution in [0, 0.1) is 6.92 Å². The summed E-state index contributed by atoms with van der Waals surface area (Å²) in [6.45, 7) is 5.26. The fourth-order valence-electron chi connectivity index (χ4n) is 1.88. The Balaban J connectivity index is 2.36. The number of nitrogens with two attached hydrogens (primary N) is 1. The van der Waals surface area contributed by atoms with Gasteiger partial charge in [-0.1, -0.05) is 6.92 Å². The average Bonchev–Trinajstić information content (AvgIpc) is 2.85. The van der Waals surface area contributed by atoms with Gasteiger partial charge in [0.25, 0.3) is 0 Å². The molecule has 0 fully saturated rings. The summed E-state index contributed by atoms with van der Waals surface area (Å²) in [5, 5.41) is 0.965. The molecule has 2 rings (SSSR count). The van der Waals surface area contributed by atoms with Crippen LogP contribution in [0.4, 0.5) is 0 Å². The van der Waals surface area contributed by atoms with Gasteiger partial charge in [0.1, 0.15) is 5.01 Å². The first-order chi connectivity index (χ1) is 9.69. The number of thiazole rings is 1. The lowest BCUT2D eigenvalue weighted by Gasteiger charge is -2.10. The van der Waals surface area contributed by atoms with Crippen molar-refractivity contribution < 1.29 is 9.47 Å². The number of hydrogen-bond donors (Lipinski definition) is 1. The van der Waals surface area contributed by atoms with E-state index in [0.29, 0.717) is 13.2 Å². The summed E-state index contributed by atoms with van der Waals surface area (Å²) < 4.78 is 11.1. The van der Waals surface area contributed by atoms with Crippen molar-refractivity contribution >= 4 is 11.3 Å². The van der Waals surface area contributed by atoms with Crippen LogP contribution in [0.25, 0.3) is 10.6 Å².